The van der Waals surface area contributed by atoms with Gasteiger partial charge in [-0.25, -0.2) is 4.39 Å². The Morgan fingerprint density at radius 3 is 2.73 bits per heavy atom. The molecule has 0 aliphatic heterocycles. The van der Waals surface area contributed by atoms with Gasteiger partial charge in [0.25, 0.3) is 11.8 Å². The number of hydrogen-bond acceptors (Lipinski definition) is 6. The molecular weight excluding hydrogens is 355 g/mol. The van der Waals surface area contributed by atoms with Gasteiger partial charge in [0.05, 0.1) is 5.69 Å². The lowest BCUT2D eigenvalue weighted by atomic mass is 10.2. The third-order valence-corrected chi connectivity index (χ3v) is 4.44. The van der Waals surface area contributed by atoms with Crippen LogP contribution in [-0.4, -0.2) is 21.0 Å². The van der Waals surface area contributed by atoms with E-state index in [-0.39, 0.29) is 17.6 Å². The van der Waals surface area contributed by atoms with Crippen molar-refractivity contribution in [1.82, 2.24) is 15.1 Å². The summed E-state index contributed by atoms with van der Waals surface area (Å²) < 4.78 is 18.3. The summed E-state index contributed by atoms with van der Waals surface area (Å²) in [6.07, 6.45) is 1.55. The Morgan fingerprint density at radius 1 is 1.12 bits per heavy atom. The van der Waals surface area contributed by atoms with Gasteiger partial charge in [-0.05, 0) is 47.8 Å². The maximum absolute atomic E-state index is 13.0. The van der Waals surface area contributed by atoms with E-state index in [9.17, 15) is 9.18 Å². The molecule has 1 aromatic carbocycles. The first-order valence-corrected chi connectivity index (χ1v) is 8.48. The molecule has 0 atom stereocenters. The lowest BCUT2D eigenvalue weighted by molar-refractivity contribution is 0.102. The van der Waals surface area contributed by atoms with Gasteiger partial charge in [-0.15, -0.1) is 11.3 Å². The van der Waals surface area contributed by atoms with Crippen LogP contribution in [0.25, 0.3) is 22.2 Å². The molecule has 1 N–H and O–H groups in total. The lowest BCUT2D eigenvalue weighted by Gasteiger charge is -2.03. The number of carbonyl (C=O) groups excluding carboxylic acids is 1. The number of aromatic nitrogens is 3. The summed E-state index contributed by atoms with van der Waals surface area (Å²) in [4.78, 5) is 21.3. The number of halogens is 1. The van der Waals surface area contributed by atoms with E-state index in [2.05, 4.69) is 20.4 Å². The first kappa shape index (κ1) is 16.1. The van der Waals surface area contributed by atoms with Crippen molar-refractivity contribution in [3.8, 4) is 22.2 Å². The molecular formula is C18H11FN4O2S. The molecule has 0 unspecified atom stereocenters. The average molecular weight is 366 g/mol. The first-order chi connectivity index (χ1) is 12.7. The normalized spacial score (nSPS) is 10.7. The summed E-state index contributed by atoms with van der Waals surface area (Å²) in [6, 6.07) is 12.7. The van der Waals surface area contributed by atoms with Gasteiger partial charge >= 0.3 is 0 Å². The van der Waals surface area contributed by atoms with Gasteiger partial charge in [-0.2, -0.15) is 4.98 Å². The molecule has 0 fully saturated rings. The molecule has 128 valence electrons. The molecule has 3 aromatic heterocycles. The Bertz CT molecular complexity index is 1040. The topological polar surface area (TPSA) is 80.9 Å². The van der Waals surface area contributed by atoms with Crippen LogP contribution in [0.4, 0.5) is 10.1 Å². The van der Waals surface area contributed by atoms with Crippen molar-refractivity contribution in [2.24, 2.45) is 0 Å². The summed E-state index contributed by atoms with van der Waals surface area (Å²) in [5.41, 5.74) is 1.50. The van der Waals surface area contributed by atoms with Crippen LogP contribution in [0.5, 0.6) is 0 Å². The van der Waals surface area contributed by atoms with Crippen LogP contribution in [0.3, 0.4) is 0 Å². The number of anilines is 1. The molecule has 0 bridgehead atoms. The molecule has 0 radical (unpaired) electrons. The van der Waals surface area contributed by atoms with Crippen LogP contribution >= 0.6 is 11.3 Å². The van der Waals surface area contributed by atoms with Gasteiger partial charge in [-0.3, -0.25) is 9.78 Å². The van der Waals surface area contributed by atoms with Crippen molar-refractivity contribution in [3.05, 3.63) is 71.6 Å². The van der Waals surface area contributed by atoms with E-state index in [1.54, 1.807) is 42.6 Å². The first-order valence-electron chi connectivity index (χ1n) is 7.60. The molecule has 6 nitrogen and oxygen atoms in total. The number of thiophene rings is 1. The minimum atomic E-state index is -0.338. The maximum Gasteiger partial charge on any atom is 0.274 e. The van der Waals surface area contributed by atoms with Crippen LogP contribution < -0.4 is 5.32 Å². The number of nitrogens with zero attached hydrogens (tertiary/aromatic N) is 3. The smallest absolute Gasteiger partial charge is 0.274 e. The summed E-state index contributed by atoms with van der Waals surface area (Å²) >= 11 is 1.36. The van der Waals surface area contributed by atoms with Crippen LogP contribution in [0.1, 0.15) is 10.5 Å². The van der Waals surface area contributed by atoms with E-state index in [0.29, 0.717) is 27.6 Å². The Morgan fingerprint density at radius 2 is 1.96 bits per heavy atom. The van der Waals surface area contributed by atoms with Crippen molar-refractivity contribution in [2.75, 3.05) is 5.32 Å². The van der Waals surface area contributed by atoms with Crippen molar-refractivity contribution in [3.63, 3.8) is 0 Å². The summed E-state index contributed by atoms with van der Waals surface area (Å²) in [5, 5.41) is 8.53. The number of carbonyl (C=O) groups is 1. The minimum Gasteiger partial charge on any atom is -0.333 e. The molecule has 0 saturated carbocycles. The predicted octanol–water partition coefficient (Wildman–Crippen LogP) is 4.25. The van der Waals surface area contributed by atoms with Gasteiger partial charge in [0.1, 0.15) is 16.4 Å². The predicted molar refractivity (Wildman–Crippen MR) is 95.2 cm³/mol. The molecule has 26 heavy (non-hydrogen) atoms. The number of benzene rings is 1. The highest BCUT2D eigenvalue weighted by molar-refractivity contribution is 7.14. The van der Waals surface area contributed by atoms with E-state index >= 15 is 0 Å². The van der Waals surface area contributed by atoms with E-state index in [0.717, 1.165) is 0 Å². The van der Waals surface area contributed by atoms with E-state index < -0.39 is 0 Å². The zero-order valence-electron chi connectivity index (χ0n) is 13.2. The highest BCUT2D eigenvalue weighted by Crippen LogP contribution is 2.33. The highest BCUT2D eigenvalue weighted by atomic mass is 32.1. The van der Waals surface area contributed by atoms with Gasteiger partial charge in [0.2, 0.25) is 5.82 Å². The standard InChI is InChI=1S/C18H11FN4O2S/c19-12-6-4-11(5-7-12)16-22-18(25-23-16)15-13(8-10-26-15)21-17(24)14-3-1-2-9-20-14/h1-10H,(H,21,24). The number of nitrogens with one attached hydrogen (secondary N) is 1. The Labute approximate surface area is 151 Å². The number of rotatable bonds is 4. The average Bonchev–Trinajstić information content (AvgIpc) is 3.32. The zero-order chi connectivity index (χ0) is 17.9. The zero-order valence-corrected chi connectivity index (χ0v) is 14.0. The fourth-order valence-electron chi connectivity index (χ4n) is 2.29. The SMILES string of the molecule is O=C(Nc1ccsc1-c1nc(-c2ccc(F)cc2)no1)c1ccccn1. The quantitative estimate of drug-likeness (QED) is 0.584. The largest absolute Gasteiger partial charge is 0.333 e. The number of hydrogen-bond donors (Lipinski definition) is 1. The number of pyridine rings is 1. The van der Waals surface area contributed by atoms with Crippen LogP contribution in [0.2, 0.25) is 0 Å². The summed E-state index contributed by atoms with van der Waals surface area (Å²) in [5.74, 6) is -0.0511. The van der Waals surface area contributed by atoms with Gasteiger partial charge in [0, 0.05) is 11.8 Å². The Balaban J connectivity index is 1.59. The highest BCUT2D eigenvalue weighted by Gasteiger charge is 2.18. The van der Waals surface area contributed by atoms with E-state index in [1.807, 2.05) is 5.38 Å². The van der Waals surface area contributed by atoms with Crippen LogP contribution in [0, 0.1) is 5.82 Å². The third-order valence-electron chi connectivity index (χ3n) is 3.53. The van der Waals surface area contributed by atoms with Crippen molar-refractivity contribution in [2.45, 2.75) is 0 Å². The lowest BCUT2D eigenvalue weighted by Crippen LogP contribution is -2.13. The fraction of sp³-hybridized carbons (Fsp3) is 0. The second kappa shape index (κ2) is 6.85. The molecule has 1 amide bonds. The van der Waals surface area contributed by atoms with Crippen molar-refractivity contribution < 1.29 is 13.7 Å². The second-order valence-corrected chi connectivity index (χ2v) is 6.18. The molecule has 0 aliphatic carbocycles. The molecule has 4 aromatic rings. The van der Waals surface area contributed by atoms with Gasteiger partial charge < -0.3 is 9.84 Å². The van der Waals surface area contributed by atoms with Crippen LogP contribution in [0.15, 0.2) is 64.6 Å². The third kappa shape index (κ3) is 3.22. The number of amides is 1. The summed E-state index contributed by atoms with van der Waals surface area (Å²) in [6.45, 7) is 0. The van der Waals surface area contributed by atoms with Gasteiger partial charge in [-0.1, -0.05) is 11.2 Å². The molecule has 8 heteroatoms. The Kier molecular flexibility index (Phi) is 4.24. The van der Waals surface area contributed by atoms with E-state index in [4.69, 9.17) is 4.52 Å². The Hall–Kier alpha value is -3.39. The van der Waals surface area contributed by atoms with Crippen molar-refractivity contribution in [1.29, 1.82) is 0 Å². The van der Waals surface area contributed by atoms with Gasteiger partial charge in [0.15, 0.2) is 0 Å². The molecule has 0 saturated heterocycles. The minimum absolute atomic E-state index is 0.274. The molecule has 0 aliphatic rings. The molecule has 4 rings (SSSR count). The van der Waals surface area contributed by atoms with E-state index in [1.165, 1.54) is 23.5 Å². The van der Waals surface area contributed by atoms with Crippen LogP contribution in [-0.2, 0) is 0 Å². The molecule has 0 spiro atoms. The summed E-state index contributed by atoms with van der Waals surface area (Å²) in [7, 11) is 0. The van der Waals surface area contributed by atoms with Crippen molar-refractivity contribution >= 4 is 22.9 Å². The molecule has 3 heterocycles. The fourth-order valence-corrected chi connectivity index (χ4v) is 3.06. The maximum atomic E-state index is 13.0. The monoisotopic (exact) mass is 366 g/mol. The second-order valence-electron chi connectivity index (χ2n) is 5.26.